The van der Waals surface area contributed by atoms with Crippen LogP contribution in [0.15, 0.2) is 36.4 Å². The molecule has 4 nitrogen and oxygen atoms in total. The Morgan fingerprint density at radius 3 is 2.50 bits per heavy atom. The van der Waals surface area contributed by atoms with Crippen LogP contribution in [0.1, 0.15) is 0 Å². The Morgan fingerprint density at radius 2 is 1.85 bits per heavy atom. The molecule has 0 aliphatic heterocycles. The summed E-state index contributed by atoms with van der Waals surface area (Å²) in [7, 11) is 1.51. The molecule has 102 valence electrons. The number of benzene rings is 2. The van der Waals surface area contributed by atoms with Crippen LogP contribution >= 0.6 is 0 Å². The maximum absolute atomic E-state index is 13.9. The molecule has 1 heterocycles. The van der Waals surface area contributed by atoms with Gasteiger partial charge in [0.1, 0.15) is 23.1 Å². The van der Waals surface area contributed by atoms with Crippen LogP contribution in [-0.2, 0) is 0 Å². The predicted octanol–water partition coefficient (Wildman–Crippen LogP) is 2.89. The van der Waals surface area contributed by atoms with E-state index in [0.29, 0.717) is 16.8 Å². The van der Waals surface area contributed by atoms with Crippen molar-refractivity contribution in [3.05, 3.63) is 48.0 Å². The molecule has 6 heteroatoms. The number of nitrogen functional groups attached to an aromatic ring is 1. The van der Waals surface area contributed by atoms with Gasteiger partial charge in [0.15, 0.2) is 0 Å². The highest BCUT2D eigenvalue weighted by molar-refractivity contribution is 5.82. The minimum Gasteiger partial charge on any atom is -0.497 e. The Kier molecular flexibility index (Phi) is 2.78. The number of fused-ring (bicyclic) bond motifs is 1. The number of hydrogen-bond donors (Lipinski definition) is 1. The van der Waals surface area contributed by atoms with Crippen LogP contribution in [0.25, 0.3) is 16.7 Å². The number of hydrogen-bond acceptors (Lipinski definition) is 3. The van der Waals surface area contributed by atoms with Crippen LogP contribution in [0.5, 0.6) is 5.75 Å². The molecule has 0 saturated carbocycles. The van der Waals surface area contributed by atoms with Gasteiger partial charge in [-0.05, 0) is 24.3 Å². The smallest absolute Gasteiger partial charge is 0.206 e. The molecular weight excluding hydrogens is 264 g/mol. The molecule has 0 aliphatic rings. The SMILES string of the molecule is COc1ccc2nc(N)n(-c3c(F)cccc3F)c2c1. The third-order valence-corrected chi connectivity index (χ3v) is 3.05. The maximum Gasteiger partial charge on any atom is 0.206 e. The van der Waals surface area contributed by atoms with Gasteiger partial charge in [-0.15, -0.1) is 0 Å². The number of imidazole rings is 1. The first-order valence-corrected chi connectivity index (χ1v) is 5.88. The van der Waals surface area contributed by atoms with E-state index in [-0.39, 0.29) is 11.6 Å². The monoisotopic (exact) mass is 275 g/mol. The van der Waals surface area contributed by atoms with Crippen LogP contribution in [0.4, 0.5) is 14.7 Å². The minimum absolute atomic E-state index is 0.0113. The molecule has 20 heavy (non-hydrogen) atoms. The summed E-state index contributed by atoms with van der Waals surface area (Å²) in [5.74, 6) is -0.856. The molecule has 1 aromatic heterocycles. The van der Waals surface area contributed by atoms with Crippen molar-refractivity contribution >= 4 is 17.0 Å². The third-order valence-electron chi connectivity index (χ3n) is 3.05. The van der Waals surface area contributed by atoms with Gasteiger partial charge in [-0.3, -0.25) is 4.57 Å². The molecule has 0 saturated heterocycles. The van der Waals surface area contributed by atoms with Gasteiger partial charge in [-0.1, -0.05) is 6.07 Å². The molecule has 3 rings (SSSR count). The summed E-state index contributed by atoms with van der Waals surface area (Å²) in [6.07, 6.45) is 0. The molecule has 3 aromatic rings. The van der Waals surface area contributed by atoms with Crippen LogP contribution in [-0.4, -0.2) is 16.7 Å². The normalized spacial score (nSPS) is 10.9. The van der Waals surface area contributed by atoms with Crippen molar-refractivity contribution in [3.8, 4) is 11.4 Å². The van der Waals surface area contributed by atoms with Crippen molar-refractivity contribution in [1.82, 2.24) is 9.55 Å². The summed E-state index contributed by atoms with van der Waals surface area (Å²) in [6.45, 7) is 0. The number of halogens is 2. The highest BCUT2D eigenvalue weighted by Crippen LogP contribution is 2.29. The Balaban J connectivity index is 2.38. The fourth-order valence-corrected chi connectivity index (χ4v) is 2.14. The molecule has 0 fully saturated rings. The minimum atomic E-state index is -0.709. The first kappa shape index (κ1) is 12.4. The van der Waals surface area contributed by atoms with E-state index in [1.807, 2.05) is 0 Å². The molecule has 0 radical (unpaired) electrons. The molecule has 0 amide bonds. The van der Waals surface area contributed by atoms with Crippen molar-refractivity contribution in [2.24, 2.45) is 0 Å². The van der Waals surface area contributed by atoms with E-state index in [1.165, 1.54) is 29.9 Å². The molecule has 2 N–H and O–H groups in total. The van der Waals surface area contributed by atoms with Gasteiger partial charge >= 0.3 is 0 Å². The van der Waals surface area contributed by atoms with Crippen molar-refractivity contribution in [2.45, 2.75) is 0 Å². The molecule has 0 spiro atoms. The zero-order valence-electron chi connectivity index (χ0n) is 10.6. The number of ether oxygens (including phenoxy) is 1. The van der Waals surface area contributed by atoms with E-state index in [1.54, 1.807) is 18.2 Å². The number of nitrogens with two attached hydrogens (primary N) is 1. The Hall–Kier alpha value is -2.63. The van der Waals surface area contributed by atoms with Gasteiger partial charge < -0.3 is 10.5 Å². The first-order valence-electron chi connectivity index (χ1n) is 5.88. The Labute approximate surface area is 113 Å². The molecule has 0 aliphatic carbocycles. The van der Waals surface area contributed by atoms with Crippen molar-refractivity contribution < 1.29 is 13.5 Å². The highest BCUT2D eigenvalue weighted by Gasteiger charge is 2.17. The average molecular weight is 275 g/mol. The molecule has 2 aromatic carbocycles. The van der Waals surface area contributed by atoms with Gasteiger partial charge in [0.25, 0.3) is 0 Å². The lowest BCUT2D eigenvalue weighted by molar-refractivity contribution is 0.415. The topological polar surface area (TPSA) is 53.1 Å². The lowest BCUT2D eigenvalue weighted by Gasteiger charge is -2.09. The largest absolute Gasteiger partial charge is 0.497 e. The van der Waals surface area contributed by atoms with Gasteiger partial charge in [0.05, 0.1) is 18.1 Å². The van der Waals surface area contributed by atoms with Crippen molar-refractivity contribution in [1.29, 1.82) is 0 Å². The Bertz CT molecular complexity index is 778. The lowest BCUT2D eigenvalue weighted by atomic mass is 10.2. The number of anilines is 1. The quantitative estimate of drug-likeness (QED) is 0.782. The van der Waals surface area contributed by atoms with Gasteiger partial charge in [0, 0.05) is 6.07 Å². The Morgan fingerprint density at radius 1 is 1.15 bits per heavy atom. The van der Waals surface area contributed by atoms with Crippen LogP contribution in [0.2, 0.25) is 0 Å². The average Bonchev–Trinajstić information content (AvgIpc) is 2.74. The van der Waals surface area contributed by atoms with Crippen LogP contribution in [0, 0.1) is 11.6 Å². The second-order valence-electron chi connectivity index (χ2n) is 4.23. The molecular formula is C14H11F2N3O. The summed E-state index contributed by atoms with van der Waals surface area (Å²) in [5, 5.41) is 0. The molecule has 0 bridgehead atoms. The number of aromatic nitrogens is 2. The van der Waals surface area contributed by atoms with E-state index in [9.17, 15) is 8.78 Å². The summed E-state index contributed by atoms with van der Waals surface area (Å²) in [5.41, 5.74) is 6.55. The summed E-state index contributed by atoms with van der Waals surface area (Å²) in [4.78, 5) is 4.10. The maximum atomic E-state index is 13.9. The molecule has 0 unspecified atom stereocenters. The fourth-order valence-electron chi connectivity index (χ4n) is 2.14. The van der Waals surface area contributed by atoms with E-state index < -0.39 is 11.6 Å². The molecule has 0 atom stereocenters. The summed E-state index contributed by atoms with van der Waals surface area (Å²) in [6, 6.07) is 8.65. The predicted molar refractivity (Wildman–Crippen MR) is 72.0 cm³/mol. The van der Waals surface area contributed by atoms with E-state index in [4.69, 9.17) is 10.5 Å². The van der Waals surface area contributed by atoms with E-state index in [2.05, 4.69) is 4.98 Å². The third kappa shape index (κ3) is 1.77. The zero-order valence-corrected chi connectivity index (χ0v) is 10.6. The summed E-state index contributed by atoms with van der Waals surface area (Å²) < 4.78 is 34.2. The zero-order chi connectivity index (χ0) is 14.3. The number of para-hydroxylation sites is 1. The number of methoxy groups -OCH3 is 1. The fraction of sp³-hybridized carbons (Fsp3) is 0.0714. The van der Waals surface area contributed by atoms with Gasteiger partial charge in [-0.2, -0.15) is 0 Å². The van der Waals surface area contributed by atoms with Crippen molar-refractivity contribution in [2.75, 3.05) is 12.8 Å². The van der Waals surface area contributed by atoms with Crippen LogP contribution < -0.4 is 10.5 Å². The second-order valence-corrected chi connectivity index (χ2v) is 4.23. The van der Waals surface area contributed by atoms with E-state index in [0.717, 1.165) is 0 Å². The van der Waals surface area contributed by atoms with E-state index >= 15 is 0 Å². The number of nitrogens with zero attached hydrogens (tertiary/aromatic N) is 2. The summed E-state index contributed by atoms with van der Waals surface area (Å²) >= 11 is 0. The van der Waals surface area contributed by atoms with Crippen LogP contribution in [0.3, 0.4) is 0 Å². The standard InChI is InChI=1S/C14H11F2N3O/c1-20-8-5-6-11-12(7-8)19(14(17)18-11)13-9(15)3-2-4-10(13)16/h2-7H,1H3,(H2,17,18). The van der Waals surface area contributed by atoms with Gasteiger partial charge in [-0.25, -0.2) is 13.8 Å². The number of rotatable bonds is 2. The van der Waals surface area contributed by atoms with Crippen molar-refractivity contribution in [3.63, 3.8) is 0 Å². The second kappa shape index (κ2) is 4.48. The first-order chi connectivity index (χ1) is 9.61. The lowest BCUT2D eigenvalue weighted by Crippen LogP contribution is -2.05. The highest BCUT2D eigenvalue weighted by atomic mass is 19.1. The van der Waals surface area contributed by atoms with Gasteiger partial charge in [0.2, 0.25) is 5.95 Å².